The van der Waals surface area contributed by atoms with Crippen molar-refractivity contribution in [2.75, 3.05) is 12.0 Å². The molecular weight excluding hydrogens is 274 g/mol. The van der Waals surface area contributed by atoms with Crippen LogP contribution in [0.25, 0.3) is 0 Å². The summed E-state index contributed by atoms with van der Waals surface area (Å²) in [5.74, 6) is 5.64. The maximum absolute atomic E-state index is 5.35. The third-order valence-electron chi connectivity index (χ3n) is 2.68. The van der Waals surface area contributed by atoms with Gasteiger partial charge in [0.1, 0.15) is 0 Å². The number of hydrogen-bond donors (Lipinski definition) is 2. The fourth-order valence-electron chi connectivity index (χ4n) is 1.52. The summed E-state index contributed by atoms with van der Waals surface area (Å²) in [6.45, 7) is 6.51. The van der Waals surface area contributed by atoms with Crippen molar-refractivity contribution in [1.29, 1.82) is 0 Å². The van der Waals surface area contributed by atoms with Gasteiger partial charge in [0.2, 0.25) is 11.1 Å². The van der Waals surface area contributed by atoms with Gasteiger partial charge in [0, 0.05) is 4.90 Å². The summed E-state index contributed by atoms with van der Waals surface area (Å²) in [7, 11) is 0. The Balaban J connectivity index is 2.27. The normalized spacial score (nSPS) is 10.4. The Morgan fingerprint density at radius 2 is 2.00 bits per heavy atom. The highest BCUT2D eigenvalue weighted by Crippen LogP contribution is 2.27. The van der Waals surface area contributed by atoms with Crippen molar-refractivity contribution in [3.8, 4) is 6.01 Å². The summed E-state index contributed by atoms with van der Waals surface area (Å²) in [4.78, 5) is 13.5. The number of aryl methyl sites for hydroxylation is 2. The molecule has 7 heteroatoms. The van der Waals surface area contributed by atoms with Gasteiger partial charge >= 0.3 is 6.01 Å². The number of hydrogen-bond acceptors (Lipinski definition) is 7. The van der Waals surface area contributed by atoms with E-state index in [9.17, 15) is 0 Å². The van der Waals surface area contributed by atoms with E-state index in [0.717, 1.165) is 4.90 Å². The monoisotopic (exact) mass is 291 g/mol. The molecule has 0 fully saturated rings. The van der Waals surface area contributed by atoms with Crippen LogP contribution >= 0.6 is 11.8 Å². The van der Waals surface area contributed by atoms with Crippen molar-refractivity contribution < 1.29 is 4.74 Å². The fraction of sp³-hybridized carbons (Fsp3) is 0.308. The Morgan fingerprint density at radius 3 is 2.65 bits per heavy atom. The Bertz CT molecular complexity index is 605. The highest BCUT2D eigenvalue weighted by Gasteiger charge is 2.08. The topological polar surface area (TPSA) is 86.0 Å². The Labute approximate surface area is 122 Å². The highest BCUT2D eigenvalue weighted by molar-refractivity contribution is 7.99. The third-order valence-corrected chi connectivity index (χ3v) is 3.54. The van der Waals surface area contributed by atoms with Gasteiger partial charge in [-0.15, -0.1) is 0 Å². The number of nitrogens with zero attached hydrogens (tertiary/aromatic N) is 3. The maximum atomic E-state index is 5.35. The molecule has 0 spiro atoms. The molecule has 0 amide bonds. The molecule has 3 N–H and O–H groups in total. The lowest BCUT2D eigenvalue weighted by Gasteiger charge is -2.07. The molecule has 0 atom stereocenters. The fourth-order valence-corrected chi connectivity index (χ4v) is 2.36. The molecule has 0 aliphatic rings. The van der Waals surface area contributed by atoms with Crippen LogP contribution in [0.5, 0.6) is 6.01 Å². The average Bonchev–Trinajstić information content (AvgIpc) is 2.43. The summed E-state index contributed by atoms with van der Waals surface area (Å²) in [6.07, 6.45) is 0. The van der Waals surface area contributed by atoms with Crippen molar-refractivity contribution in [2.45, 2.75) is 30.8 Å². The molecule has 1 aromatic carbocycles. The maximum Gasteiger partial charge on any atom is 0.322 e. The van der Waals surface area contributed by atoms with Gasteiger partial charge in [-0.25, -0.2) is 5.84 Å². The van der Waals surface area contributed by atoms with Gasteiger partial charge in [-0.05, 0) is 55.8 Å². The number of rotatable bonds is 5. The van der Waals surface area contributed by atoms with E-state index in [1.165, 1.54) is 22.9 Å². The summed E-state index contributed by atoms with van der Waals surface area (Å²) in [5, 5.41) is 0.541. The predicted octanol–water partition coefficient (Wildman–Crippen LogP) is 2.32. The molecule has 6 nitrogen and oxygen atoms in total. The number of nitrogens with one attached hydrogen (secondary N) is 1. The van der Waals surface area contributed by atoms with Crippen LogP contribution in [0, 0.1) is 13.8 Å². The average molecular weight is 291 g/mol. The van der Waals surface area contributed by atoms with Crippen LogP contribution in [0.4, 0.5) is 5.95 Å². The van der Waals surface area contributed by atoms with Crippen LogP contribution < -0.4 is 16.0 Å². The first-order valence-electron chi connectivity index (χ1n) is 6.23. The van der Waals surface area contributed by atoms with Crippen molar-refractivity contribution in [3.63, 3.8) is 0 Å². The summed E-state index contributed by atoms with van der Waals surface area (Å²) >= 11 is 1.44. The van der Waals surface area contributed by atoms with E-state index in [1.54, 1.807) is 0 Å². The quantitative estimate of drug-likeness (QED) is 0.645. The van der Waals surface area contributed by atoms with E-state index in [2.05, 4.69) is 46.4 Å². The summed E-state index contributed by atoms with van der Waals surface area (Å²) < 4.78 is 5.30. The van der Waals surface area contributed by atoms with Crippen molar-refractivity contribution >= 4 is 17.7 Å². The van der Waals surface area contributed by atoms with E-state index in [4.69, 9.17) is 10.6 Å². The minimum absolute atomic E-state index is 0.266. The van der Waals surface area contributed by atoms with Gasteiger partial charge in [0.25, 0.3) is 0 Å². The second-order valence-electron chi connectivity index (χ2n) is 4.15. The standard InChI is InChI=1S/C13H17N5OS/c1-4-19-12-15-11(18-14)16-13(17-12)20-10-6-5-8(2)9(3)7-10/h5-7H,4,14H2,1-3H3,(H,15,16,17,18). The van der Waals surface area contributed by atoms with Gasteiger partial charge in [0.15, 0.2) is 0 Å². The van der Waals surface area contributed by atoms with E-state index < -0.39 is 0 Å². The van der Waals surface area contributed by atoms with Crippen LogP contribution in [-0.2, 0) is 0 Å². The van der Waals surface area contributed by atoms with Gasteiger partial charge in [-0.1, -0.05) is 6.07 Å². The van der Waals surface area contributed by atoms with E-state index >= 15 is 0 Å². The van der Waals surface area contributed by atoms with E-state index in [-0.39, 0.29) is 12.0 Å². The molecule has 1 heterocycles. The number of aromatic nitrogens is 3. The zero-order valence-electron chi connectivity index (χ0n) is 11.7. The largest absolute Gasteiger partial charge is 0.464 e. The molecule has 106 valence electrons. The Morgan fingerprint density at radius 1 is 1.20 bits per heavy atom. The van der Waals surface area contributed by atoms with Crippen LogP contribution in [0.1, 0.15) is 18.1 Å². The number of benzene rings is 1. The van der Waals surface area contributed by atoms with E-state index in [0.29, 0.717) is 11.8 Å². The smallest absolute Gasteiger partial charge is 0.322 e. The predicted molar refractivity (Wildman–Crippen MR) is 78.8 cm³/mol. The van der Waals surface area contributed by atoms with Gasteiger partial charge in [-0.3, -0.25) is 5.43 Å². The van der Waals surface area contributed by atoms with Gasteiger partial charge < -0.3 is 4.74 Å². The SMILES string of the molecule is CCOc1nc(NN)nc(Sc2ccc(C)c(C)c2)n1. The minimum Gasteiger partial charge on any atom is -0.464 e. The first kappa shape index (κ1) is 14.5. The van der Waals surface area contributed by atoms with Gasteiger partial charge in [-0.2, -0.15) is 15.0 Å². The van der Waals surface area contributed by atoms with Crippen LogP contribution in [-0.4, -0.2) is 21.6 Å². The van der Waals surface area contributed by atoms with E-state index in [1.807, 2.05) is 13.0 Å². The van der Waals surface area contributed by atoms with Gasteiger partial charge in [0.05, 0.1) is 6.61 Å². The second-order valence-corrected chi connectivity index (χ2v) is 5.19. The lowest BCUT2D eigenvalue weighted by Crippen LogP contribution is -2.12. The molecule has 0 radical (unpaired) electrons. The molecule has 2 aromatic rings. The Kier molecular flexibility index (Phi) is 4.75. The molecule has 2 rings (SSSR count). The van der Waals surface area contributed by atoms with Crippen molar-refractivity contribution in [3.05, 3.63) is 29.3 Å². The van der Waals surface area contributed by atoms with Crippen LogP contribution in [0.2, 0.25) is 0 Å². The molecule has 0 aliphatic carbocycles. The van der Waals surface area contributed by atoms with Crippen molar-refractivity contribution in [2.24, 2.45) is 5.84 Å². The zero-order chi connectivity index (χ0) is 14.5. The molecule has 20 heavy (non-hydrogen) atoms. The summed E-state index contributed by atoms with van der Waals surface area (Å²) in [5.41, 5.74) is 4.90. The lowest BCUT2D eigenvalue weighted by atomic mass is 10.1. The third kappa shape index (κ3) is 3.58. The molecular formula is C13H17N5OS. The molecule has 0 saturated carbocycles. The molecule has 0 saturated heterocycles. The second kappa shape index (κ2) is 6.53. The number of ether oxygens (including phenoxy) is 1. The first-order chi connectivity index (χ1) is 9.62. The molecule has 0 aliphatic heterocycles. The highest BCUT2D eigenvalue weighted by atomic mass is 32.2. The molecule has 1 aromatic heterocycles. The lowest BCUT2D eigenvalue weighted by molar-refractivity contribution is 0.308. The minimum atomic E-state index is 0.266. The molecule has 0 bridgehead atoms. The zero-order valence-corrected chi connectivity index (χ0v) is 12.5. The van der Waals surface area contributed by atoms with Crippen LogP contribution in [0.15, 0.2) is 28.3 Å². The Hall–Kier alpha value is -1.86. The summed E-state index contributed by atoms with van der Waals surface area (Å²) in [6, 6.07) is 6.47. The number of nitrogens with two attached hydrogens (primary N) is 1. The number of hydrazine groups is 1. The number of anilines is 1. The molecule has 0 unspecified atom stereocenters. The van der Waals surface area contributed by atoms with Crippen molar-refractivity contribution in [1.82, 2.24) is 15.0 Å². The first-order valence-corrected chi connectivity index (χ1v) is 7.04. The van der Waals surface area contributed by atoms with Crippen LogP contribution in [0.3, 0.4) is 0 Å². The number of nitrogen functional groups attached to an aromatic ring is 1.